The molecule has 0 aliphatic rings. The van der Waals surface area contributed by atoms with E-state index in [0.29, 0.717) is 23.6 Å². The van der Waals surface area contributed by atoms with E-state index in [1.54, 1.807) is 26.0 Å². The maximum absolute atomic E-state index is 12.2. The van der Waals surface area contributed by atoms with Gasteiger partial charge in [0.05, 0.1) is 12.7 Å². The van der Waals surface area contributed by atoms with Gasteiger partial charge in [-0.2, -0.15) is 0 Å². The smallest absolute Gasteiger partial charge is 0.355 e. The highest BCUT2D eigenvalue weighted by Crippen LogP contribution is 2.24. The molecule has 2 rings (SSSR count). The van der Waals surface area contributed by atoms with Gasteiger partial charge >= 0.3 is 5.97 Å². The molecule has 1 atom stereocenters. The van der Waals surface area contributed by atoms with Crippen LogP contribution in [0.1, 0.15) is 47.3 Å². The van der Waals surface area contributed by atoms with E-state index < -0.39 is 12.1 Å². The number of rotatable bonds is 8. The Morgan fingerprint density at radius 2 is 1.72 bits per heavy atom. The number of hydrogen-bond donors (Lipinski definition) is 2. The van der Waals surface area contributed by atoms with Gasteiger partial charge in [-0.1, -0.05) is 0 Å². The minimum Gasteiger partial charge on any atom is -0.494 e. The topological polar surface area (TPSA) is 80.8 Å². The van der Waals surface area contributed by atoms with E-state index in [1.807, 2.05) is 26.0 Å². The highest BCUT2D eigenvalue weighted by Gasteiger charge is 2.20. The van der Waals surface area contributed by atoms with Crippen molar-refractivity contribution in [2.75, 3.05) is 19.8 Å². The average molecular weight is 347 g/mol. The Hall–Kier alpha value is -2.47. The van der Waals surface area contributed by atoms with Crippen LogP contribution in [0.15, 0.2) is 24.3 Å². The zero-order valence-electron chi connectivity index (χ0n) is 15.1. The number of aromatic nitrogens is 1. The first kappa shape index (κ1) is 18.9. The monoisotopic (exact) mass is 347 g/mol. The van der Waals surface area contributed by atoms with Gasteiger partial charge in [0.25, 0.3) is 0 Å². The number of nitrogens with one attached hydrogen (secondary N) is 1. The number of ether oxygens (including phenoxy) is 3. The van der Waals surface area contributed by atoms with Crippen LogP contribution in [0.4, 0.5) is 0 Å². The molecule has 2 N–H and O–H groups in total. The standard InChI is InChI=1S/C19H25NO5/c1-5-23-15-6-8-16(9-7-15)24-10-11-25-19(22)18-12(2)17(14(4)21)13(3)20-18/h6-9,14,20-21H,5,10-11H2,1-4H3/t14-/m0/s1. The molecule has 0 radical (unpaired) electrons. The molecule has 0 bridgehead atoms. The van der Waals surface area contributed by atoms with Crippen LogP contribution in [0.25, 0.3) is 0 Å². The SMILES string of the molecule is CCOc1ccc(OCCOC(=O)c2[nH]c(C)c([C@H](C)O)c2C)cc1. The number of aliphatic hydroxyl groups is 1. The van der Waals surface area contributed by atoms with Crippen LogP contribution >= 0.6 is 0 Å². The minimum atomic E-state index is -0.638. The quantitative estimate of drug-likeness (QED) is 0.565. The molecule has 0 aliphatic carbocycles. The molecule has 0 saturated heterocycles. The van der Waals surface area contributed by atoms with E-state index >= 15 is 0 Å². The molecule has 0 fully saturated rings. The number of benzene rings is 1. The van der Waals surface area contributed by atoms with Crippen LogP contribution in [0.3, 0.4) is 0 Å². The number of aryl methyl sites for hydroxylation is 1. The maximum Gasteiger partial charge on any atom is 0.355 e. The summed E-state index contributed by atoms with van der Waals surface area (Å²) >= 11 is 0. The zero-order chi connectivity index (χ0) is 18.4. The van der Waals surface area contributed by atoms with Crippen LogP contribution < -0.4 is 9.47 Å². The van der Waals surface area contributed by atoms with Crippen molar-refractivity contribution >= 4 is 5.97 Å². The van der Waals surface area contributed by atoms with E-state index in [0.717, 1.165) is 17.0 Å². The summed E-state index contributed by atoms with van der Waals surface area (Å²) in [5.74, 6) is 1.01. The van der Waals surface area contributed by atoms with Crippen molar-refractivity contribution in [3.05, 3.63) is 46.8 Å². The van der Waals surface area contributed by atoms with Crippen molar-refractivity contribution in [1.29, 1.82) is 0 Å². The number of aliphatic hydroxyl groups excluding tert-OH is 1. The first-order valence-corrected chi connectivity index (χ1v) is 8.34. The minimum absolute atomic E-state index is 0.133. The fourth-order valence-electron chi connectivity index (χ4n) is 2.76. The van der Waals surface area contributed by atoms with Crippen LogP contribution in [-0.2, 0) is 4.74 Å². The van der Waals surface area contributed by atoms with E-state index in [1.165, 1.54) is 0 Å². The first-order valence-electron chi connectivity index (χ1n) is 8.34. The van der Waals surface area contributed by atoms with Gasteiger partial charge in [0.1, 0.15) is 30.4 Å². The molecule has 0 saturated carbocycles. The van der Waals surface area contributed by atoms with Crippen molar-refractivity contribution in [1.82, 2.24) is 4.98 Å². The summed E-state index contributed by atoms with van der Waals surface area (Å²) < 4.78 is 16.1. The third-order valence-electron chi connectivity index (χ3n) is 3.84. The highest BCUT2D eigenvalue weighted by atomic mass is 16.6. The largest absolute Gasteiger partial charge is 0.494 e. The predicted octanol–water partition coefficient (Wildman–Crippen LogP) is 3.32. The summed E-state index contributed by atoms with van der Waals surface area (Å²) in [7, 11) is 0. The molecule has 0 aliphatic heterocycles. The van der Waals surface area contributed by atoms with Gasteiger partial charge in [-0.15, -0.1) is 0 Å². The number of H-pyrrole nitrogens is 1. The number of esters is 1. The van der Waals surface area contributed by atoms with Crippen LogP contribution in [0.2, 0.25) is 0 Å². The van der Waals surface area contributed by atoms with Crippen molar-refractivity contribution in [2.45, 2.75) is 33.8 Å². The second kappa shape index (κ2) is 8.58. The normalized spacial score (nSPS) is 11.9. The Balaban J connectivity index is 1.84. The molecule has 0 amide bonds. The summed E-state index contributed by atoms with van der Waals surface area (Å²) in [5.41, 5.74) is 2.59. The first-order chi connectivity index (χ1) is 11.9. The van der Waals surface area contributed by atoms with Gasteiger partial charge in [0, 0.05) is 11.3 Å². The molecule has 25 heavy (non-hydrogen) atoms. The van der Waals surface area contributed by atoms with E-state index in [2.05, 4.69) is 4.98 Å². The lowest BCUT2D eigenvalue weighted by Crippen LogP contribution is -2.13. The van der Waals surface area contributed by atoms with Crippen LogP contribution in [-0.4, -0.2) is 35.9 Å². The van der Waals surface area contributed by atoms with E-state index in [-0.39, 0.29) is 13.2 Å². The predicted molar refractivity (Wildman–Crippen MR) is 94.3 cm³/mol. The van der Waals surface area contributed by atoms with Crippen LogP contribution in [0.5, 0.6) is 11.5 Å². The lowest BCUT2D eigenvalue weighted by molar-refractivity contribution is 0.0443. The second-order valence-corrected chi connectivity index (χ2v) is 5.73. The van der Waals surface area contributed by atoms with Gasteiger partial charge < -0.3 is 24.3 Å². The van der Waals surface area contributed by atoms with Crippen molar-refractivity contribution < 1.29 is 24.1 Å². The Labute approximate surface area is 147 Å². The molecule has 6 heteroatoms. The summed E-state index contributed by atoms with van der Waals surface area (Å²) in [6.45, 7) is 8.21. The number of aromatic amines is 1. The fraction of sp³-hybridized carbons (Fsp3) is 0.421. The second-order valence-electron chi connectivity index (χ2n) is 5.73. The molecule has 0 unspecified atom stereocenters. The van der Waals surface area contributed by atoms with Gasteiger partial charge in [-0.05, 0) is 57.5 Å². The summed E-state index contributed by atoms with van der Waals surface area (Å²) in [5, 5.41) is 9.77. The van der Waals surface area contributed by atoms with Gasteiger partial charge in [0.2, 0.25) is 0 Å². The van der Waals surface area contributed by atoms with Gasteiger partial charge in [-0.25, -0.2) is 4.79 Å². The zero-order valence-corrected chi connectivity index (χ0v) is 15.1. The molecule has 1 heterocycles. The third kappa shape index (κ3) is 4.76. The molecule has 1 aromatic heterocycles. The Kier molecular flexibility index (Phi) is 6.47. The van der Waals surface area contributed by atoms with E-state index in [9.17, 15) is 9.90 Å². The molecular weight excluding hydrogens is 322 g/mol. The summed E-state index contributed by atoms with van der Waals surface area (Å²) in [4.78, 5) is 15.2. The molecule has 6 nitrogen and oxygen atoms in total. The van der Waals surface area contributed by atoms with Crippen molar-refractivity contribution in [3.8, 4) is 11.5 Å². The lowest BCUT2D eigenvalue weighted by atomic mass is 10.1. The fourth-order valence-corrected chi connectivity index (χ4v) is 2.76. The molecule has 1 aromatic carbocycles. The Bertz CT molecular complexity index is 703. The molecule has 2 aromatic rings. The maximum atomic E-state index is 12.2. The number of hydrogen-bond acceptors (Lipinski definition) is 5. The number of carbonyl (C=O) groups is 1. The highest BCUT2D eigenvalue weighted by molar-refractivity contribution is 5.89. The van der Waals surface area contributed by atoms with Gasteiger partial charge in [0.15, 0.2) is 0 Å². The molecule has 0 spiro atoms. The lowest BCUT2D eigenvalue weighted by Gasteiger charge is -2.09. The van der Waals surface area contributed by atoms with Crippen molar-refractivity contribution in [2.24, 2.45) is 0 Å². The van der Waals surface area contributed by atoms with Crippen molar-refractivity contribution in [3.63, 3.8) is 0 Å². The summed E-state index contributed by atoms with van der Waals surface area (Å²) in [6.07, 6.45) is -0.638. The Morgan fingerprint density at radius 1 is 1.12 bits per heavy atom. The molecule has 136 valence electrons. The third-order valence-corrected chi connectivity index (χ3v) is 3.84. The number of carbonyl (C=O) groups excluding carboxylic acids is 1. The van der Waals surface area contributed by atoms with E-state index in [4.69, 9.17) is 14.2 Å². The summed E-state index contributed by atoms with van der Waals surface area (Å²) in [6, 6.07) is 7.27. The van der Waals surface area contributed by atoms with Crippen LogP contribution in [0, 0.1) is 13.8 Å². The van der Waals surface area contributed by atoms with Gasteiger partial charge in [-0.3, -0.25) is 0 Å². The average Bonchev–Trinajstić information content (AvgIpc) is 2.88. The molecular formula is C19H25NO5. The Morgan fingerprint density at radius 3 is 2.24 bits per heavy atom.